The summed E-state index contributed by atoms with van der Waals surface area (Å²) in [5.41, 5.74) is 1.49. The van der Waals surface area contributed by atoms with Crippen LogP contribution in [0, 0.1) is 11.8 Å². The number of carbonyl (C=O) groups is 1. The summed E-state index contributed by atoms with van der Waals surface area (Å²) in [6.45, 7) is 6.39. The van der Waals surface area contributed by atoms with Crippen molar-refractivity contribution >= 4 is 5.97 Å². The number of carbonyl (C=O) groups excluding carboxylic acids is 1. The van der Waals surface area contributed by atoms with E-state index in [4.69, 9.17) is 9.47 Å². The molecule has 1 saturated carbocycles. The Kier molecular flexibility index (Phi) is 7.13. The van der Waals surface area contributed by atoms with Crippen LogP contribution in [0.5, 0.6) is 5.75 Å². The molecular formula is C24H31NO4. The van der Waals surface area contributed by atoms with Crippen LogP contribution in [0.15, 0.2) is 41.2 Å². The Balaban J connectivity index is 1.86. The number of H-pyrrole nitrogens is 1. The first kappa shape index (κ1) is 21.2. The minimum atomic E-state index is -0.629. The smallest absolute Gasteiger partial charge is 0.347 e. The van der Waals surface area contributed by atoms with Crippen LogP contribution >= 0.6 is 0 Å². The van der Waals surface area contributed by atoms with Crippen LogP contribution in [0.2, 0.25) is 0 Å². The average molecular weight is 398 g/mol. The van der Waals surface area contributed by atoms with Gasteiger partial charge in [0.05, 0.1) is 12.7 Å². The van der Waals surface area contributed by atoms with E-state index in [0.29, 0.717) is 24.0 Å². The predicted octanol–water partition coefficient (Wildman–Crippen LogP) is 4.54. The number of hydrogen-bond acceptors (Lipinski definition) is 4. The third-order valence-corrected chi connectivity index (χ3v) is 5.49. The highest BCUT2D eigenvalue weighted by Crippen LogP contribution is 2.32. The minimum absolute atomic E-state index is 0.00528. The van der Waals surface area contributed by atoms with Crippen molar-refractivity contribution in [2.24, 2.45) is 11.8 Å². The van der Waals surface area contributed by atoms with Crippen molar-refractivity contribution in [3.8, 4) is 5.75 Å². The normalized spacial score (nSPS) is 21.6. The molecule has 29 heavy (non-hydrogen) atoms. The molecule has 0 amide bonds. The van der Waals surface area contributed by atoms with Gasteiger partial charge in [-0.3, -0.25) is 4.79 Å². The first-order valence-electron chi connectivity index (χ1n) is 10.6. The van der Waals surface area contributed by atoms with E-state index in [9.17, 15) is 9.59 Å². The summed E-state index contributed by atoms with van der Waals surface area (Å²) in [4.78, 5) is 28.0. The number of benzene rings is 1. The van der Waals surface area contributed by atoms with Crippen LogP contribution in [-0.4, -0.2) is 23.7 Å². The SMILES string of the molecule is CCOC(=O)c1c(OC2CC(C)CC(C)C2)cc(CCc2ccccc2)[nH]c1=O. The van der Waals surface area contributed by atoms with Crippen molar-refractivity contribution in [2.75, 3.05) is 6.61 Å². The number of esters is 1. The molecule has 3 rings (SSSR count). The van der Waals surface area contributed by atoms with Crippen molar-refractivity contribution in [2.45, 2.75) is 59.0 Å². The average Bonchev–Trinajstić information content (AvgIpc) is 2.66. The highest BCUT2D eigenvalue weighted by Gasteiger charge is 2.28. The highest BCUT2D eigenvalue weighted by molar-refractivity contribution is 5.92. The molecule has 0 saturated heterocycles. The second-order valence-corrected chi connectivity index (χ2v) is 8.23. The van der Waals surface area contributed by atoms with Gasteiger partial charge >= 0.3 is 5.97 Å². The van der Waals surface area contributed by atoms with Crippen molar-refractivity contribution in [1.82, 2.24) is 4.98 Å². The van der Waals surface area contributed by atoms with Gasteiger partial charge in [-0.25, -0.2) is 4.79 Å². The van der Waals surface area contributed by atoms with Crippen LogP contribution in [0.1, 0.15) is 61.6 Å². The van der Waals surface area contributed by atoms with Gasteiger partial charge in [0.2, 0.25) is 0 Å². The van der Waals surface area contributed by atoms with Gasteiger partial charge in [-0.15, -0.1) is 0 Å². The van der Waals surface area contributed by atoms with Gasteiger partial charge in [0, 0.05) is 11.8 Å². The summed E-state index contributed by atoms with van der Waals surface area (Å²) in [7, 11) is 0. The summed E-state index contributed by atoms with van der Waals surface area (Å²) >= 11 is 0. The van der Waals surface area contributed by atoms with Crippen molar-refractivity contribution in [3.63, 3.8) is 0 Å². The minimum Gasteiger partial charge on any atom is -0.489 e. The molecular weight excluding hydrogens is 366 g/mol. The fourth-order valence-corrected chi connectivity index (χ4v) is 4.28. The molecule has 1 aromatic carbocycles. The first-order valence-corrected chi connectivity index (χ1v) is 10.6. The van der Waals surface area contributed by atoms with Crippen LogP contribution in [0.25, 0.3) is 0 Å². The van der Waals surface area contributed by atoms with Gasteiger partial charge in [0.15, 0.2) is 5.56 Å². The lowest BCUT2D eigenvalue weighted by atomic mass is 9.82. The van der Waals surface area contributed by atoms with Gasteiger partial charge in [0.1, 0.15) is 5.75 Å². The number of ether oxygens (including phenoxy) is 2. The molecule has 2 aromatic rings. The maximum Gasteiger partial charge on any atom is 0.347 e. The van der Waals surface area contributed by atoms with E-state index in [2.05, 4.69) is 31.0 Å². The van der Waals surface area contributed by atoms with E-state index >= 15 is 0 Å². The lowest BCUT2D eigenvalue weighted by Gasteiger charge is -2.32. The topological polar surface area (TPSA) is 68.4 Å². The molecule has 1 heterocycles. The van der Waals surface area contributed by atoms with Crippen LogP contribution in [-0.2, 0) is 17.6 Å². The fraction of sp³-hybridized carbons (Fsp3) is 0.500. The van der Waals surface area contributed by atoms with Crippen LogP contribution in [0.4, 0.5) is 0 Å². The summed E-state index contributed by atoms with van der Waals surface area (Å²) in [6.07, 6.45) is 4.51. The van der Waals surface area contributed by atoms with E-state index in [1.165, 1.54) is 12.0 Å². The number of nitrogens with one attached hydrogen (secondary N) is 1. The molecule has 0 spiro atoms. The molecule has 1 fully saturated rings. The van der Waals surface area contributed by atoms with E-state index < -0.39 is 11.5 Å². The van der Waals surface area contributed by atoms with Gasteiger partial charge < -0.3 is 14.5 Å². The Morgan fingerprint density at radius 3 is 2.41 bits per heavy atom. The van der Waals surface area contributed by atoms with E-state index in [0.717, 1.165) is 25.0 Å². The Hall–Kier alpha value is -2.56. The summed E-state index contributed by atoms with van der Waals surface area (Å²) in [5, 5.41) is 0. The second kappa shape index (κ2) is 9.77. The van der Waals surface area contributed by atoms with Crippen molar-refractivity contribution in [3.05, 3.63) is 63.6 Å². The number of pyridine rings is 1. The Labute approximate surface area is 172 Å². The van der Waals surface area contributed by atoms with Crippen LogP contribution in [0.3, 0.4) is 0 Å². The molecule has 1 aromatic heterocycles. The zero-order valence-corrected chi connectivity index (χ0v) is 17.6. The molecule has 5 nitrogen and oxygen atoms in total. The standard InChI is InChI=1S/C24H31NO4/c1-4-28-24(27)22-21(29-20-13-16(2)12-17(3)14-20)15-19(25-23(22)26)11-10-18-8-6-5-7-9-18/h5-9,15-17,20H,4,10-14H2,1-3H3,(H,25,26). The second-order valence-electron chi connectivity index (χ2n) is 8.23. The molecule has 2 atom stereocenters. The molecule has 1 aliphatic carbocycles. The lowest BCUT2D eigenvalue weighted by molar-refractivity contribution is 0.0508. The van der Waals surface area contributed by atoms with Gasteiger partial charge in [-0.1, -0.05) is 44.2 Å². The lowest BCUT2D eigenvalue weighted by Crippen LogP contribution is -2.31. The quantitative estimate of drug-likeness (QED) is 0.697. The highest BCUT2D eigenvalue weighted by atomic mass is 16.5. The largest absolute Gasteiger partial charge is 0.489 e. The van der Waals surface area contributed by atoms with E-state index in [-0.39, 0.29) is 18.3 Å². The number of rotatable bonds is 7. The summed E-state index contributed by atoms with van der Waals surface area (Å²) in [6, 6.07) is 11.9. The summed E-state index contributed by atoms with van der Waals surface area (Å²) in [5.74, 6) is 0.848. The van der Waals surface area contributed by atoms with Gasteiger partial charge in [-0.05, 0) is 56.4 Å². The number of aryl methyl sites for hydroxylation is 2. The molecule has 0 aliphatic heterocycles. The Morgan fingerprint density at radius 1 is 1.07 bits per heavy atom. The third kappa shape index (κ3) is 5.72. The van der Waals surface area contributed by atoms with E-state index in [1.807, 2.05) is 18.2 Å². The molecule has 1 aliphatic rings. The zero-order chi connectivity index (χ0) is 20.8. The first-order chi connectivity index (χ1) is 14.0. The van der Waals surface area contributed by atoms with Crippen LogP contribution < -0.4 is 10.3 Å². The van der Waals surface area contributed by atoms with Gasteiger partial charge in [0.25, 0.3) is 5.56 Å². The number of aromatic nitrogens is 1. The fourth-order valence-electron chi connectivity index (χ4n) is 4.28. The summed E-state index contributed by atoms with van der Waals surface area (Å²) < 4.78 is 11.4. The Morgan fingerprint density at radius 2 is 1.76 bits per heavy atom. The molecule has 0 bridgehead atoms. The molecule has 1 N–H and O–H groups in total. The van der Waals surface area contributed by atoms with Crippen molar-refractivity contribution < 1.29 is 14.3 Å². The maximum absolute atomic E-state index is 12.7. The molecule has 0 radical (unpaired) electrons. The van der Waals surface area contributed by atoms with Gasteiger partial charge in [-0.2, -0.15) is 0 Å². The monoisotopic (exact) mass is 397 g/mol. The molecule has 156 valence electrons. The molecule has 5 heteroatoms. The number of aromatic amines is 1. The van der Waals surface area contributed by atoms with E-state index in [1.54, 1.807) is 13.0 Å². The number of hydrogen-bond donors (Lipinski definition) is 1. The Bertz CT molecular complexity index is 864. The molecule has 2 unspecified atom stereocenters. The van der Waals surface area contributed by atoms with Crippen molar-refractivity contribution in [1.29, 1.82) is 0 Å². The zero-order valence-electron chi connectivity index (χ0n) is 17.6. The predicted molar refractivity (Wildman–Crippen MR) is 113 cm³/mol. The third-order valence-electron chi connectivity index (χ3n) is 5.49. The maximum atomic E-state index is 12.7.